The van der Waals surface area contributed by atoms with Crippen molar-refractivity contribution in [2.75, 3.05) is 26.2 Å². The van der Waals surface area contributed by atoms with E-state index in [9.17, 15) is 9.59 Å². The van der Waals surface area contributed by atoms with Crippen molar-refractivity contribution in [1.82, 2.24) is 9.80 Å². The summed E-state index contributed by atoms with van der Waals surface area (Å²) in [5.41, 5.74) is 0. The Morgan fingerprint density at radius 2 is 1.72 bits per heavy atom. The van der Waals surface area contributed by atoms with Gasteiger partial charge >= 0.3 is 5.97 Å². The highest BCUT2D eigenvalue weighted by Crippen LogP contribution is 2.18. The molecule has 2 aliphatic heterocycles. The molecule has 2 saturated heterocycles. The minimum absolute atomic E-state index is 0.00833. The molecule has 0 aliphatic carbocycles. The lowest BCUT2D eigenvalue weighted by atomic mass is 10.0. The molecule has 0 radical (unpaired) electrons. The van der Waals surface area contributed by atoms with Crippen LogP contribution in [0.3, 0.4) is 0 Å². The number of amides is 1. The molecule has 2 aliphatic rings. The molecule has 0 aromatic carbocycles. The molecule has 1 N–H and O–H groups in total. The van der Waals surface area contributed by atoms with Gasteiger partial charge in [-0.2, -0.15) is 0 Å². The van der Waals surface area contributed by atoms with Gasteiger partial charge in [-0.15, -0.1) is 0 Å². The van der Waals surface area contributed by atoms with Gasteiger partial charge in [0.1, 0.15) is 6.04 Å². The first-order valence-corrected chi connectivity index (χ1v) is 6.93. The summed E-state index contributed by atoms with van der Waals surface area (Å²) in [5.74, 6) is -0.849. The molecule has 18 heavy (non-hydrogen) atoms. The minimum atomic E-state index is -0.857. The Morgan fingerprint density at radius 1 is 1.06 bits per heavy atom. The van der Waals surface area contributed by atoms with Crippen LogP contribution in [-0.2, 0) is 9.59 Å². The number of carboxylic acids is 1. The van der Waals surface area contributed by atoms with Gasteiger partial charge in [-0.3, -0.25) is 4.79 Å². The van der Waals surface area contributed by atoms with Gasteiger partial charge in [0.05, 0.1) is 0 Å². The fraction of sp³-hybridized carbons (Fsp3) is 0.846. The van der Waals surface area contributed by atoms with E-state index in [1.807, 2.05) is 0 Å². The van der Waals surface area contributed by atoms with E-state index in [-0.39, 0.29) is 5.91 Å². The maximum absolute atomic E-state index is 12.1. The van der Waals surface area contributed by atoms with Gasteiger partial charge in [-0.25, -0.2) is 4.79 Å². The molecule has 0 bridgehead atoms. The summed E-state index contributed by atoms with van der Waals surface area (Å²) in [4.78, 5) is 27.1. The van der Waals surface area contributed by atoms with Crippen LogP contribution in [0.4, 0.5) is 0 Å². The van der Waals surface area contributed by atoms with Crippen molar-refractivity contribution in [3.8, 4) is 0 Å². The molecular formula is C13H22N2O3. The summed E-state index contributed by atoms with van der Waals surface area (Å²) < 4.78 is 0. The Kier molecular flexibility index (Phi) is 4.58. The zero-order valence-electron chi connectivity index (χ0n) is 10.8. The van der Waals surface area contributed by atoms with E-state index in [2.05, 4.69) is 4.90 Å². The van der Waals surface area contributed by atoms with Gasteiger partial charge in [-0.05, 0) is 45.2 Å². The van der Waals surface area contributed by atoms with E-state index < -0.39 is 12.0 Å². The van der Waals surface area contributed by atoms with Crippen molar-refractivity contribution in [3.63, 3.8) is 0 Å². The van der Waals surface area contributed by atoms with Crippen molar-refractivity contribution in [2.45, 2.75) is 44.6 Å². The number of aliphatic carboxylic acids is 1. The van der Waals surface area contributed by atoms with E-state index in [0.29, 0.717) is 19.4 Å². The number of likely N-dealkylation sites (tertiary alicyclic amines) is 2. The molecule has 2 heterocycles. The van der Waals surface area contributed by atoms with Gasteiger partial charge in [0.15, 0.2) is 0 Å². The normalized spacial score (nSPS) is 25.3. The molecule has 0 unspecified atom stereocenters. The van der Waals surface area contributed by atoms with Crippen LogP contribution in [0.2, 0.25) is 0 Å². The highest BCUT2D eigenvalue weighted by Gasteiger charge is 2.31. The lowest BCUT2D eigenvalue weighted by molar-refractivity contribution is -0.152. The zero-order chi connectivity index (χ0) is 13.0. The molecule has 2 fully saturated rings. The summed E-state index contributed by atoms with van der Waals surface area (Å²) in [5, 5.41) is 9.13. The predicted octanol–water partition coefficient (Wildman–Crippen LogP) is 0.938. The van der Waals surface area contributed by atoms with Crippen LogP contribution < -0.4 is 0 Å². The first kappa shape index (κ1) is 13.3. The number of hydrogen-bond acceptors (Lipinski definition) is 3. The predicted molar refractivity (Wildman–Crippen MR) is 67.3 cm³/mol. The molecule has 1 amide bonds. The summed E-state index contributed by atoms with van der Waals surface area (Å²) in [6.45, 7) is 3.54. The zero-order valence-corrected chi connectivity index (χ0v) is 10.8. The average molecular weight is 254 g/mol. The second-order valence-electron chi connectivity index (χ2n) is 5.24. The van der Waals surface area contributed by atoms with Crippen molar-refractivity contribution in [2.24, 2.45) is 0 Å². The number of rotatable bonds is 4. The van der Waals surface area contributed by atoms with E-state index in [0.717, 1.165) is 32.5 Å². The molecule has 5 nitrogen and oxygen atoms in total. The standard InChI is InChI=1S/C13H22N2O3/c16-12(6-10-14-7-3-4-8-14)15-9-2-1-5-11(15)13(17)18/h11H,1-10H2,(H,17,18)/t11-/m0/s1. The van der Waals surface area contributed by atoms with Gasteiger partial charge in [0, 0.05) is 19.5 Å². The van der Waals surface area contributed by atoms with Crippen LogP contribution in [0.25, 0.3) is 0 Å². The summed E-state index contributed by atoms with van der Waals surface area (Å²) in [7, 11) is 0. The fourth-order valence-corrected chi connectivity index (χ4v) is 2.89. The number of carbonyl (C=O) groups is 2. The van der Waals surface area contributed by atoms with Crippen molar-refractivity contribution >= 4 is 11.9 Å². The molecule has 102 valence electrons. The average Bonchev–Trinajstić information content (AvgIpc) is 2.89. The maximum atomic E-state index is 12.1. The summed E-state index contributed by atoms with van der Waals surface area (Å²) >= 11 is 0. The lowest BCUT2D eigenvalue weighted by Gasteiger charge is -2.33. The third-order valence-corrected chi connectivity index (χ3v) is 3.95. The van der Waals surface area contributed by atoms with Crippen LogP contribution in [0, 0.1) is 0 Å². The van der Waals surface area contributed by atoms with E-state index in [1.165, 1.54) is 12.8 Å². The first-order chi connectivity index (χ1) is 8.68. The Bertz CT molecular complexity index is 313. The van der Waals surface area contributed by atoms with E-state index >= 15 is 0 Å². The summed E-state index contributed by atoms with van der Waals surface area (Å²) in [6, 6.07) is -0.593. The molecule has 2 rings (SSSR count). The number of nitrogens with zero attached hydrogens (tertiary/aromatic N) is 2. The van der Waals surface area contributed by atoms with Gasteiger partial charge in [0.2, 0.25) is 5.91 Å². The van der Waals surface area contributed by atoms with Crippen LogP contribution in [0.1, 0.15) is 38.5 Å². The van der Waals surface area contributed by atoms with Gasteiger partial charge in [-0.1, -0.05) is 0 Å². The first-order valence-electron chi connectivity index (χ1n) is 6.93. The largest absolute Gasteiger partial charge is 0.480 e. The number of carboxylic acid groups (broad SMARTS) is 1. The quantitative estimate of drug-likeness (QED) is 0.811. The second-order valence-corrected chi connectivity index (χ2v) is 5.24. The van der Waals surface area contributed by atoms with E-state index in [1.54, 1.807) is 4.90 Å². The maximum Gasteiger partial charge on any atom is 0.326 e. The molecular weight excluding hydrogens is 232 g/mol. The minimum Gasteiger partial charge on any atom is -0.480 e. The molecule has 5 heteroatoms. The number of carbonyl (C=O) groups excluding carboxylic acids is 1. The van der Waals surface area contributed by atoms with Crippen molar-refractivity contribution in [3.05, 3.63) is 0 Å². The molecule has 0 aromatic rings. The van der Waals surface area contributed by atoms with Crippen molar-refractivity contribution in [1.29, 1.82) is 0 Å². The van der Waals surface area contributed by atoms with Crippen LogP contribution in [0.15, 0.2) is 0 Å². The van der Waals surface area contributed by atoms with Crippen LogP contribution in [0.5, 0.6) is 0 Å². The van der Waals surface area contributed by atoms with Gasteiger partial charge < -0.3 is 14.9 Å². The smallest absolute Gasteiger partial charge is 0.326 e. The Balaban J connectivity index is 1.83. The van der Waals surface area contributed by atoms with Crippen LogP contribution in [-0.4, -0.2) is 59.0 Å². The third-order valence-electron chi connectivity index (χ3n) is 3.95. The Hall–Kier alpha value is -1.10. The topological polar surface area (TPSA) is 60.9 Å². The number of hydrogen-bond donors (Lipinski definition) is 1. The highest BCUT2D eigenvalue weighted by molar-refractivity contribution is 5.83. The highest BCUT2D eigenvalue weighted by atomic mass is 16.4. The lowest BCUT2D eigenvalue weighted by Crippen LogP contribution is -2.48. The van der Waals surface area contributed by atoms with Gasteiger partial charge in [0.25, 0.3) is 0 Å². The summed E-state index contributed by atoms with van der Waals surface area (Å²) in [6.07, 6.45) is 5.34. The fourth-order valence-electron chi connectivity index (χ4n) is 2.89. The molecule has 0 aromatic heterocycles. The van der Waals surface area contributed by atoms with Crippen molar-refractivity contribution < 1.29 is 14.7 Å². The number of piperidine rings is 1. The molecule has 0 spiro atoms. The second kappa shape index (κ2) is 6.18. The van der Waals surface area contributed by atoms with E-state index in [4.69, 9.17) is 5.11 Å². The molecule has 1 atom stereocenters. The third kappa shape index (κ3) is 3.22. The Morgan fingerprint density at radius 3 is 2.39 bits per heavy atom. The Labute approximate surface area is 108 Å². The van der Waals surface area contributed by atoms with Crippen LogP contribution >= 0.6 is 0 Å². The molecule has 0 saturated carbocycles. The monoisotopic (exact) mass is 254 g/mol. The SMILES string of the molecule is O=C(O)[C@@H]1CCCCN1C(=O)CCN1CCCC1.